The molecule has 0 fully saturated rings. The second-order valence-electron chi connectivity index (χ2n) is 3.53. The Morgan fingerprint density at radius 3 is 2.11 bits per heavy atom. The minimum atomic E-state index is -0.562. The van der Waals surface area contributed by atoms with Gasteiger partial charge in [-0.25, -0.2) is 0 Å². The van der Waals surface area contributed by atoms with Crippen molar-refractivity contribution in [2.24, 2.45) is 43.8 Å². The summed E-state index contributed by atoms with van der Waals surface area (Å²) in [6.45, 7) is 3.45. The number of rotatable bonds is 7. The first-order valence-electron chi connectivity index (χ1n) is 5.18. The van der Waals surface area contributed by atoms with Gasteiger partial charge in [-0.15, -0.1) is 0 Å². The Hall–Kier alpha value is -2.16. The molecule has 0 aromatic heterocycles. The molecule has 0 saturated heterocycles. The van der Waals surface area contributed by atoms with Crippen LogP contribution in [0.15, 0.2) is 20.4 Å². The third-order valence-electron chi connectivity index (χ3n) is 2.13. The van der Waals surface area contributed by atoms with E-state index in [0.717, 1.165) is 0 Å². The van der Waals surface area contributed by atoms with Crippen LogP contribution in [0, 0.1) is 0 Å². The third kappa shape index (κ3) is 5.80. The van der Waals surface area contributed by atoms with Crippen LogP contribution in [0.3, 0.4) is 0 Å². The topological polar surface area (TPSA) is 163 Å². The number of hydrogen-bond acceptors (Lipinski definition) is 9. The molecule has 8 N–H and O–H groups in total. The summed E-state index contributed by atoms with van der Waals surface area (Å²) in [5.74, 6) is 20.5. The van der Waals surface area contributed by atoms with Gasteiger partial charge in [0.05, 0.1) is 18.1 Å². The predicted octanol–water partition coefficient (Wildman–Crippen LogP) is -1.31. The smallest absolute Gasteiger partial charge is 0.135 e. The minimum absolute atomic E-state index is 0.429. The summed E-state index contributed by atoms with van der Waals surface area (Å²) in [4.78, 5) is 0. The maximum atomic E-state index is 5.65. The van der Waals surface area contributed by atoms with Crippen LogP contribution in [0.5, 0.6) is 0 Å². The molecule has 2 atom stereocenters. The zero-order valence-corrected chi connectivity index (χ0v) is 10.5. The van der Waals surface area contributed by atoms with Crippen molar-refractivity contribution in [3.8, 4) is 0 Å². The molecule has 0 rings (SSSR count). The zero-order valence-electron chi connectivity index (χ0n) is 10.5. The number of nitrogens with zero attached hydrogens (tertiary/aromatic N) is 4. The van der Waals surface area contributed by atoms with Crippen molar-refractivity contribution in [2.45, 2.75) is 32.5 Å². The lowest BCUT2D eigenvalue weighted by atomic mass is 10.2. The lowest BCUT2D eigenvalue weighted by Gasteiger charge is -2.18. The number of nitrogens with two attached hydrogens (primary N) is 4. The Balaban J connectivity index is 4.81. The number of hydrazone groups is 4. The molecule has 0 aromatic rings. The standard InChI is InChI=1S/C9H20N8O/c1-6(16-12)3-8(4-14-10)18-9(5-15-11)7(2)17-13/h4-5,8-9H,3,10-13H2,1-2H3/b14-4+,15-5+,16-6+,17-7-. The average Bonchev–Trinajstić information content (AvgIpc) is 2.37. The Labute approximate surface area is 106 Å². The first kappa shape index (κ1) is 15.8. The van der Waals surface area contributed by atoms with Crippen molar-refractivity contribution >= 4 is 23.9 Å². The van der Waals surface area contributed by atoms with E-state index in [1.54, 1.807) is 13.8 Å². The van der Waals surface area contributed by atoms with Gasteiger partial charge in [0.1, 0.15) is 12.2 Å². The molecule has 0 saturated carbocycles. The van der Waals surface area contributed by atoms with Crippen LogP contribution in [0.1, 0.15) is 20.3 Å². The summed E-state index contributed by atoms with van der Waals surface area (Å²) >= 11 is 0. The molecule has 0 radical (unpaired) electrons. The lowest BCUT2D eigenvalue weighted by Crippen LogP contribution is -2.32. The van der Waals surface area contributed by atoms with E-state index >= 15 is 0 Å². The molecule has 0 bridgehead atoms. The van der Waals surface area contributed by atoms with Gasteiger partial charge in [-0.1, -0.05) is 0 Å². The summed E-state index contributed by atoms with van der Waals surface area (Å²) in [6.07, 6.45) is 2.24. The van der Waals surface area contributed by atoms with Crippen molar-refractivity contribution in [3.05, 3.63) is 0 Å². The van der Waals surface area contributed by atoms with Crippen LogP contribution in [-0.2, 0) is 4.74 Å². The van der Waals surface area contributed by atoms with E-state index in [4.69, 9.17) is 28.1 Å². The average molecular weight is 256 g/mol. The Bertz CT molecular complexity index is 348. The van der Waals surface area contributed by atoms with Crippen LogP contribution in [0.2, 0.25) is 0 Å². The Morgan fingerprint density at radius 2 is 1.67 bits per heavy atom. The SMILES string of the molecule is C/C(=N/N)C(/C=N/N)OC(/C=N/N)C/C(C)=N/N. The van der Waals surface area contributed by atoms with Gasteiger partial charge in [0.15, 0.2) is 0 Å². The van der Waals surface area contributed by atoms with Crippen LogP contribution in [0.25, 0.3) is 0 Å². The van der Waals surface area contributed by atoms with Gasteiger partial charge >= 0.3 is 0 Å². The minimum Gasteiger partial charge on any atom is -0.357 e. The largest absolute Gasteiger partial charge is 0.357 e. The second kappa shape index (κ2) is 8.93. The van der Waals surface area contributed by atoms with Crippen LogP contribution in [-0.4, -0.2) is 36.1 Å². The molecule has 0 heterocycles. The maximum absolute atomic E-state index is 5.65. The van der Waals surface area contributed by atoms with Gasteiger partial charge in [-0.05, 0) is 13.8 Å². The van der Waals surface area contributed by atoms with Gasteiger partial charge in [-0.2, -0.15) is 20.4 Å². The van der Waals surface area contributed by atoms with E-state index in [1.165, 1.54) is 12.4 Å². The molecule has 18 heavy (non-hydrogen) atoms. The van der Waals surface area contributed by atoms with E-state index in [2.05, 4.69) is 20.4 Å². The van der Waals surface area contributed by atoms with Gasteiger partial charge in [0, 0.05) is 12.1 Å². The summed E-state index contributed by atoms with van der Waals surface area (Å²) in [5, 5.41) is 13.9. The predicted molar refractivity (Wildman–Crippen MR) is 73.2 cm³/mol. The molecular formula is C9H20N8O. The second-order valence-corrected chi connectivity index (χ2v) is 3.53. The first-order chi connectivity index (χ1) is 8.58. The molecule has 0 spiro atoms. The van der Waals surface area contributed by atoms with Crippen molar-refractivity contribution in [1.82, 2.24) is 0 Å². The normalized spacial score (nSPS) is 17.4. The molecule has 9 heteroatoms. The highest BCUT2D eigenvalue weighted by Crippen LogP contribution is 2.04. The van der Waals surface area contributed by atoms with Gasteiger partial charge in [0.25, 0.3) is 0 Å². The van der Waals surface area contributed by atoms with Crippen LogP contribution < -0.4 is 23.4 Å². The van der Waals surface area contributed by atoms with Gasteiger partial charge < -0.3 is 28.1 Å². The molecule has 2 unspecified atom stereocenters. The van der Waals surface area contributed by atoms with E-state index < -0.39 is 12.2 Å². The van der Waals surface area contributed by atoms with E-state index in [0.29, 0.717) is 17.8 Å². The molecule has 0 amide bonds. The van der Waals surface area contributed by atoms with Crippen molar-refractivity contribution in [2.75, 3.05) is 0 Å². The summed E-state index contributed by atoms with van der Waals surface area (Å²) in [6, 6.07) is 0. The number of hydrogen-bond donors (Lipinski definition) is 4. The van der Waals surface area contributed by atoms with Gasteiger partial charge in [-0.3, -0.25) is 0 Å². The third-order valence-corrected chi connectivity index (χ3v) is 2.13. The van der Waals surface area contributed by atoms with Crippen molar-refractivity contribution in [1.29, 1.82) is 0 Å². The highest BCUT2D eigenvalue weighted by Gasteiger charge is 2.17. The Morgan fingerprint density at radius 1 is 1.06 bits per heavy atom. The zero-order chi connectivity index (χ0) is 14.0. The molecule has 0 aliphatic heterocycles. The summed E-state index contributed by atoms with van der Waals surface area (Å²) in [5.41, 5.74) is 1.20. The highest BCUT2D eigenvalue weighted by molar-refractivity contribution is 6.00. The van der Waals surface area contributed by atoms with Crippen LogP contribution in [0.4, 0.5) is 0 Å². The number of ether oxygens (including phenoxy) is 1. The fraction of sp³-hybridized carbons (Fsp3) is 0.556. The fourth-order valence-corrected chi connectivity index (χ4v) is 1.16. The van der Waals surface area contributed by atoms with E-state index in [-0.39, 0.29) is 0 Å². The maximum Gasteiger partial charge on any atom is 0.135 e. The van der Waals surface area contributed by atoms with Gasteiger partial charge in [0.2, 0.25) is 0 Å². The van der Waals surface area contributed by atoms with Crippen LogP contribution >= 0.6 is 0 Å². The highest BCUT2D eigenvalue weighted by atomic mass is 16.5. The lowest BCUT2D eigenvalue weighted by molar-refractivity contribution is 0.110. The first-order valence-corrected chi connectivity index (χ1v) is 5.18. The fourth-order valence-electron chi connectivity index (χ4n) is 1.16. The molecule has 102 valence electrons. The molecule has 0 aliphatic rings. The monoisotopic (exact) mass is 256 g/mol. The molecular weight excluding hydrogens is 236 g/mol. The molecule has 0 aromatic carbocycles. The summed E-state index contributed by atoms with van der Waals surface area (Å²) in [7, 11) is 0. The van der Waals surface area contributed by atoms with Crippen molar-refractivity contribution in [3.63, 3.8) is 0 Å². The van der Waals surface area contributed by atoms with E-state index in [1.807, 2.05) is 0 Å². The molecule has 9 nitrogen and oxygen atoms in total. The summed E-state index contributed by atoms with van der Waals surface area (Å²) < 4.78 is 5.65. The Kier molecular flexibility index (Phi) is 7.86. The molecule has 0 aliphatic carbocycles. The van der Waals surface area contributed by atoms with E-state index in [9.17, 15) is 0 Å². The van der Waals surface area contributed by atoms with Crippen molar-refractivity contribution < 1.29 is 4.74 Å². The quantitative estimate of drug-likeness (QED) is 0.252.